The van der Waals surface area contributed by atoms with Gasteiger partial charge in [-0.2, -0.15) is 0 Å². The fraction of sp³-hybridized carbons (Fsp3) is 0.750. The van der Waals surface area contributed by atoms with Crippen molar-refractivity contribution in [3.05, 3.63) is 16.6 Å². The van der Waals surface area contributed by atoms with Crippen LogP contribution in [0.15, 0.2) is 10.9 Å². The molecule has 0 radical (unpaired) electrons. The maximum absolute atomic E-state index is 5.62. The summed E-state index contributed by atoms with van der Waals surface area (Å²) in [5.74, 6) is 0. The number of nitrogens with zero attached hydrogens (tertiary/aromatic N) is 1. The van der Waals surface area contributed by atoms with E-state index in [4.69, 9.17) is 4.74 Å². The first-order valence-corrected chi connectivity index (χ1v) is 7.01. The normalized spacial score (nSPS) is 22.4. The minimum absolute atomic E-state index is 0.517. The predicted octanol–water partition coefficient (Wildman–Crippen LogP) is 2.58. The van der Waals surface area contributed by atoms with Gasteiger partial charge in [-0.25, -0.2) is 4.98 Å². The molecule has 1 aromatic rings. The second-order valence-corrected chi connectivity index (χ2v) is 5.19. The molecule has 2 rings (SSSR count). The van der Waals surface area contributed by atoms with Crippen LogP contribution >= 0.6 is 11.3 Å². The van der Waals surface area contributed by atoms with Crippen molar-refractivity contribution in [2.45, 2.75) is 51.3 Å². The molecule has 0 amide bonds. The molecule has 3 nitrogen and oxygen atoms in total. The second kappa shape index (κ2) is 6.33. The van der Waals surface area contributed by atoms with Crippen molar-refractivity contribution in [1.82, 2.24) is 10.3 Å². The number of hydrogen-bond acceptors (Lipinski definition) is 4. The predicted molar refractivity (Wildman–Crippen MR) is 66.6 cm³/mol. The summed E-state index contributed by atoms with van der Waals surface area (Å²) in [6.07, 6.45) is 5.38. The standard InChI is InChI=1S/C12H20N2OS/c1-10(4-5-12-3-2-6-15-12)13-7-11-8-16-9-14-11/h8-10,12-13H,2-7H2,1H3. The number of hydrogen-bond donors (Lipinski definition) is 1. The van der Waals surface area contributed by atoms with Crippen LogP contribution in [0.4, 0.5) is 0 Å². The van der Waals surface area contributed by atoms with Crippen molar-refractivity contribution in [3.8, 4) is 0 Å². The van der Waals surface area contributed by atoms with Crippen LogP contribution in [0.2, 0.25) is 0 Å². The summed E-state index contributed by atoms with van der Waals surface area (Å²) in [5, 5.41) is 5.59. The molecule has 0 bridgehead atoms. The molecule has 1 aliphatic heterocycles. The van der Waals surface area contributed by atoms with Crippen molar-refractivity contribution in [1.29, 1.82) is 0 Å². The van der Waals surface area contributed by atoms with Crippen molar-refractivity contribution in [2.24, 2.45) is 0 Å². The third-order valence-electron chi connectivity index (χ3n) is 3.06. The average molecular weight is 240 g/mol. The molecule has 2 atom stereocenters. The van der Waals surface area contributed by atoms with Crippen molar-refractivity contribution >= 4 is 11.3 Å². The van der Waals surface area contributed by atoms with Gasteiger partial charge in [0.15, 0.2) is 0 Å². The van der Waals surface area contributed by atoms with E-state index in [1.807, 2.05) is 5.51 Å². The van der Waals surface area contributed by atoms with Gasteiger partial charge in [-0.3, -0.25) is 0 Å². The average Bonchev–Trinajstić information content (AvgIpc) is 2.96. The number of nitrogens with one attached hydrogen (secondary N) is 1. The molecule has 1 aliphatic rings. The van der Waals surface area contributed by atoms with Crippen molar-refractivity contribution in [3.63, 3.8) is 0 Å². The summed E-state index contributed by atoms with van der Waals surface area (Å²) in [6, 6.07) is 0.547. The van der Waals surface area contributed by atoms with Crippen LogP contribution in [0.25, 0.3) is 0 Å². The van der Waals surface area contributed by atoms with Crippen molar-refractivity contribution < 1.29 is 4.74 Å². The Morgan fingerprint density at radius 3 is 3.31 bits per heavy atom. The van der Waals surface area contributed by atoms with E-state index in [9.17, 15) is 0 Å². The van der Waals surface area contributed by atoms with Gasteiger partial charge in [0.05, 0.1) is 17.3 Å². The largest absolute Gasteiger partial charge is 0.378 e. The van der Waals surface area contributed by atoms with Gasteiger partial charge in [-0.05, 0) is 32.6 Å². The van der Waals surface area contributed by atoms with E-state index < -0.39 is 0 Å². The van der Waals surface area contributed by atoms with Gasteiger partial charge in [0.25, 0.3) is 0 Å². The monoisotopic (exact) mass is 240 g/mol. The van der Waals surface area contributed by atoms with E-state index in [0.717, 1.165) is 18.8 Å². The van der Waals surface area contributed by atoms with Crippen LogP contribution in [-0.4, -0.2) is 23.7 Å². The molecule has 1 aromatic heterocycles. The molecule has 4 heteroatoms. The Morgan fingerprint density at radius 2 is 2.62 bits per heavy atom. The lowest BCUT2D eigenvalue weighted by Crippen LogP contribution is -2.26. The molecule has 1 N–H and O–H groups in total. The van der Waals surface area contributed by atoms with Gasteiger partial charge in [0, 0.05) is 24.6 Å². The first-order valence-electron chi connectivity index (χ1n) is 6.06. The van der Waals surface area contributed by atoms with Gasteiger partial charge < -0.3 is 10.1 Å². The van der Waals surface area contributed by atoms with Crippen molar-refractivity contribution in [2.75, 3.05) is 6.61 Å². The Morgan fingerprint density at radius 1 is 1.69 bits per heavy atom. The Labute approximate surface area is 101 Å². The lowest BCUT2D eigenvalue weighted by Gasteiger charge is -2.15. The van der Waals surface area contributed by atoms with Gasteiger partial charge in [0.1, 0.15) is 0 Å². The summed E-state index contributed by atoms with van der Waals surface area (Å²) in [7, 11) is 0. The van der Waals surface area contributed by atoms with Crippen LogP contribution in [0.1, 0.15) is 38.3 Å². The Bertz CT molecular complexity index is 283. The Balaban J connectivity index is 1.58. The van der Waals surface area contributed by atoms with Gasteiger partial charge >= 0.3 is 0 Å². The Hall–Kier alpha value is -0.450. The first-order chi connectivity index (χ1) is 7.84. The highest BCUT2D eigenvalue weighted by Gasteiger charge is 2.16. The molecule has 2 heterocycles. The van der Waals surface area contributed by atoms with Gasteiger partial charge in [0.2, 0.25) is 0 Å². The van der Waals surface area contributed by atoms with E-state index in [0.29, 0.717) is 12.1 Å². The highest BCUT2D eigenvalue weighted by Crippen LogP contribution is 2.17. The summed E-state index contributed by atoms with van der Waals surface area (Å²) in [4.78, 5) is 4.26. The zero-order valence-electron chi connectivity index (χ0n) is 9.82. The maximum Gasteiger partial charge on any atom is 0.0795 e. The van der Waals surface area contributed by atoms with Crippen LogP contribution in [0.5, 0.6) is 0 Å². The zero-order valence-corrected chi connectivity index (χ0v) is 10.6. The smallest absolute Gasteiger partial charge is 0.0795 e. The van der Waals surface area contributed by atoms with Gasteiger partial charge in [-0.1, -0.05) is 0 Å². The fourth-order valence-electron chi connectivity index (χ4n) is 2.01. The minimum atomic E-state index is 0.517. The number of aromatic nitrogens is 1. The summed E-state index contributed by atoms with van der Waals surface area (Å²) < 4.78 is 5.62. The molecule has 1 saturated heterocycles. The molecule has 0 aromatic carbocycles. The summed E-state index contributed by atoms with van der Waals surface area (Å²) in [5.41, 5.74) is 3.03. The van der Waals surface area contributed by atoms with Crippen LogP contribution in [0, 0.1) is 0 Å². The minimum Gasteiger partial charge on any atom is -0.378 e. The van der Waals surface area contributed by atoms with Crippen LogP contribution in [-0.2, 0) is 11.3 Å². The SMILES string of the molecule is CC(CCC1CCCO1)NCc1cscn1. The first kappa shape index (κ1) is 12.0. The Kier molecular flexibility index (Phi) is 4.75. The van der Waals surface area contributed by atoms with Crippen LogP contribution in [0.3, 0.4) is 0 Å². The molecule has 0 saturated carbocycles. The third kappa shape index (κ3) is 3.85. The number of thiazole rings is 1. The molecule has 2 unspecified atom stereocenters. The number of ether oxygens (including phenoxy) is 1. The number of rotatable bonds is 6. The van der Waals surface area contributed by atoms with E-state index in [2.05, 4.69) is 22.6 Å². The lowest BCUT2D eigenvalue weighted by molar-refractivity contribution is 0.100. The van der Waals surface area contributed by atoms with Gasteiger partial charge in [-0.15, -0.1) is 11.3 Å². The molecule has 90 valence electrons. The van der Waals surface area contributed by atoms with E-state index in [-0.39, 0.29) is 0 Å². The van der Waals surface area contributed by atoms with E-state index >= 15 is 0 Å². The second-order valence-electron chi connectivity index (χ2n) is 4.47. The third-order valence-corrected chi connectivity index (χ3v) is 3.70. The van der Waals surface area contributed by atoms with E-state index in [1.54, 1.807) is 11.3 Å². The topological polar surface area (TPSA) is 34.1 Å². The molecule has 0 aliphatic carbocycles. The lowest BCUT2D eigenvalue weighted by atomic mass is 10.1. The summed E-state index contributed by atoms with van der Waals surface area (Å²) >= 11 is 1.65. The molecule has 16 heavy (non-hydrogen) atoms. The highest BCUT2D eigenvalue weighted by molar-refractivity contribution is 7.07. The highest BCUT2D eigenvalue weighted by atomic mass is 32.1. The fourth-order valence-corrected chi connectivity index (χ4v) is 2.57. The molecular weight excluding hydrogens is 220 g/mol. The van der Waals surface area contributed by atoms with Crippen LogP contribution < -0.4 is 5.32 Å². The molecular formula is C12H20N2OS. The van der Waals surface area contributed by atoms with E-state index in [1.165, 1.54) is 25.7 Å². The summed E-state index contributed by atoms with van der Waals surface area (Å²) in [6.45, 7) is 4.09. The zero-order chi connectivity index (χ0) is 11.2. The molecule has 0 spiro atoms. The quantitative estimate of drug-likeness (QED) is 0.830. The molecule has 1 fully saturated rings. The maximum atomic E-state index is 5.62.